The number of aryl methyl sites for hydroxylation is 1. The molecule has 1 saturated heterocycles. The third-order valence-corrected chi connectivity index (χ3v) is 6.27. The predicted octanol–water partition coefficient (Wildman–Crippen LogP) is 2.57. The smallest absolute Gasteiger partial charge is 0.325 e. The number of carbonyl (C=O) groups excluding carboxylic acids is 3. The van der Waals surface area contributed by atoms with E-state index >= 15 is 0 Å². The van der Waals surface area contributed by atoms with Crippen molar-refractivity contribution >= 4 is 29.2 Å². The molecule has 1 aliphatic heterocycles. The van der Waals surface area contributed by atoms with Crippen LogP contribution in [0.3, 0.4) is 0 Å². The molecule has 4 amide bonds. The molecule has 0 aromatic carbocycles. The van der Waals surface area contributed by atoms with Crippen LogP contribution >= 0.6 is 11.3 Å². The lowest BCUT2D eigenvalue weighted by molar-refractivity contribution is -0.132. The quantitative estimate of drug-likeness (QED) is 0.763. The van der Waals surface area contributed by atoms with Crippen LogP contribution in [0.25, 0.3) is 0 Å². The highest BCUT2D eigenvalue weighted by atomic mass is 32.1. The van der Waals surface area contributed by atoms with Gasteiger partial charge in [0.15, 0.2) is 0 Å². The second kappa shape index (κ2) is 7.56. The maximum atomic E-state index is 12.6. The number of nitrogens with zero attached hydrogens (tertiary/aromatic N) is 1. The summed E-state index contributed by atoms with van der Waals surface area (Å²) in [6, 6.07) is 3.74. The fourth-order valence-corrected chi connectivity index (χ4v) is 4.47. The molecule has 1 aromatic rings. The molecule has 25 heavy (non-hydrogen) atoms. The van der Waals surface area contributed by atoms with Crippen molar-refractivity contribution in [3.8, 4) is 0 Å². The minimum Gasteiger partial charge on any atom is -0.351 e. The van der Waals surface area contributed by atoms with E-state index in [1.807, 2.05) is 6.07 Å². The Kier molecular flexibility index (Phi) is 5.42. The Morgan fingerprint density at radius 1 is 1.24 bits per heavy atom. The van der Waals surface area contributed by atoms with Gasteiger partial charge in [0.05, 0.1) is 6.54 Å². The van der Waals surface area contributed by atoms with Crippen molar-refractivity contribution in [2.24, 2.45) is 0 Å². The van der Waals surface area contributed by atoms with Crippen LogP contribution in [0.2, 0.25) is 0 Å². The molecular formula is C18H25N3O3S. The molecule has 0 radical (unpaired) electrons. The Morgan fingerprint density at radius 2 is 1.96 bits per heavy atom. The van der Waals surface area contributed by atoms with Gasteiger partial charge in [0.25, 0.3) is 5.91 Å². The van der Waals surface area contributed by atoms with Crippen molar-refractivity contribution in [2.45, 2.75) is 64.0 Å². The van der Waals surface area contributed by atoms with Crippen LogP contribution in [0.1, 0.15) is 55.2 Å². The average Bonchev–Trinajstić information content (AvgIpc) is 3.16. The summed E-state index contributed by atoms with van der Waals surface area (Å²) in [7, 11) is 0. The first kappa shape index (κ1) is 17.9. The van der Waals surface area contributed by atoms with E-state index in [0.29, 0.717) is 19.4 Å². The van der Waals surface area contributed by atoms with Gasteiger partial charge in [0.1, 0.15) is 5.54 Å². The molecule has 0 atom stereocenters. The zero-order valence-corrected chi connectivity index (χ0v) is 15.4. The van der Waals surface area contributed by atoms with Crippen LogP contribution < -0.4 is 10.6 Å². The van der Waals surface area contributed by atoms with Gasteiger partial charge in [-0.3, -0.25) is 14.5 Å². The van der Waals surface area contributed by atoms with Crippen molar-refractivity contribution in [1.29, 1.82) is 0 Å². The van der Waals surface area contributed by atoms with E-state index in [9.17, 15) is 14.4 Å². The maximum Gasteiger partial charge on any atom is 0.325 e. The molecule has 3 rings (SSSR count). The molecule has 2 heterocycles. The second-order valence-electron chi connectivity index (χ2n) is 6.78. The molecule has 2 fully saturated rings. The maximum absolute atomic E-state index is 12.6. The van der Waals surface area contributed by atoms with E-state index in [0.717, 1.165) is 30.6 Å². The monoisotopic (exact) mass is 363 g/mol. The van der Waals surface area contributed by atoms with Gasteiger partial charge in [0, 0.05) is 22.7 Å². The van der Waals surface area contributed by atoms with Crippen LogP contribution in [-0.4, -0.2) is 34.8 Å². The topological polar surface area (TPSA) is 78.5 Å². The number of hydrogen-bond donors (Lipinski definition) is 2. The largest absolute Gasteiger partial charge is 0.351 e. The predicted molar refractivity (Wildman–Crippen MR) is 96.2 cm³/mol. The third kappa shape index (κ3) is 3.86. The van der Waals surface area contributed by atoms with Crippen molar-refractivity contribution < 1.29 is 14.4 Å². The van der Waals surface area contributed by atoms with Crippen molar-refractivity contribution in [3.05, 3.63) is 21.9 Å². The summed E-state index contributed by atoms with van der Waals surface area (Å²) in [6.07, 6.45) is 5.57. The summed E-state index contributed by atoms with van der Waals surface area (Å²) in [5, 5.41) is 5.73. The lowest BCUT2D eigenvalue weighted by Crippen LogP contribution is -2.48. The summed E-state index contributed by atoms with van der Waals surface area (Å²) in [6.45, 7) is 2.74. The summed E-state index contributed by atoms with van der Waals surface area (Å²) in [5.41, 5.74) is -0.709. The number of carbonyl (C=O) groups is 3. The average molecular weight is 363 g/mol. The number of hydrogen-bond acceptors (Lipinski definition) is 4. The molecule has 6 nitrogen and oxygen atoms in total. The van der Waals surface area contributed by atoms with Gasteiger partial charge in [-0.25, -0.2) is 4.79 Å². The Bertz CT molecular complexity index is 664. The first-order chi connectivity index (χ1) is 12.0. The SMILES string of the molecule is CCc1ccc(CNC(=O)CCN2C(=O)NC3(CCCCC3)C2=O)s1. The molecule has 1 aromatic heterocycles. The molecule has 0 unspecified atom stereocenters. The molecule has 1 saturated carbocycles. The van der Waals surface area contributed by atoms with Crippen LogP contribution in [0.5, 0.6) is 0 Å². The van der Waals surface area contributed by atoms with Crippen molar-refractivity contribution in [1.82, 2.24) is 15.5 Å². The number of urea groups is 1. The number of thiophene rings is 1. The van der Waals surface area contributed by atoms with E-state index in [1.54, 1.807) is 11.3 Å². The van der Waals surface area contributed by atoms with Crippen LogP contribution in [0.4, 0.5) is 4.79 Å². The Morgan fingerprint density at radius 3 is 2.64 bits per heavy atom. The van der Waals surface area contributed by atoms with Gasteiger partial charge in [0.2, 0.25) is 5.91 Å². The Labute approximate surface area is 152 Å². The summed E-state index contributed by atoms with van der Waals surface area (Å²) in [4.78, 5) is 40.5. The summed E-state index contributed by atoms with van der Waals surface area (Å²) in [5.74, 6) is -0.299. The molecule has 1 spiro atoms. The lowest BCUT2D eigenvalue weighted by atomic mass is 9.82. The van der Waals surface area contributed by atoms with E-state index in [4.69, 9.17) is 0 Å². The Balaban J connectivity index is 1.48. The van der Waals surface area contributed by atoms with E-state index in [1.165, 1.54) is 9.78 Å². The minimum atomic E-state index is -0.709. The van der Waals surface area contributed by atoms with Crippen molar-refractivity contribution in [3.63, 3.8) is 0 Å². The van der Waals surface area contributed by atoms with Crippen LogP contribution in [0, 0.1) is 0 Å². The normalized spacial score (nSPS) is 19.3. The molecule has 7 heteroatoms. The molecule has 136 valence electrons. The zero-order chi connectivity index (χ0) is 17.9. The first-order valence-corrected chi connectivity index (χ1v) is 9.84. The van der Waals surface area contributed by atoms with Gasteiger partial charge in [-0.05, 0) is 31.4 Å². The fraction of sp³-hybridized carbons (Fsp3) is 0.611. The molecule has 1 aliphatic carbocycles. The highest BCUT2D eigenvalue weighted by molar-refractivity contribution is 7.11. The number of imide groups is 1. The van der Waals surface area contributed by atoms with Gasteiger partial charge in [-0.2, -0.15) is 0 Å². The van der Waals surface area contributed by atoms with Gasteiger partial charge < -0.3 is 10.6 Å². The summed E-state index contributed by atoms with van der Waals surface area (Å²) < 4.78 is 0. The van der Waals surface area contributed by atoms with E-state index in [-0.39, 0.29) is 30.8 Å². The van der Waals surface area contributed by atoms with Gasteiger partial charge in [-0.15, -0.1) is 11.3 Å². The van der Waals surface area contributed by atoms with Crippen LogP contribution in [-0.2, 0) is 22.6 Å². The lowest BCUT2D eigenvalue weighted by Gasteiger charge is -2.30. The molecule has 0 bridgehead atoms. The Hall–Kier alpha value is -1.89. The molecular weight excluding hydrogens is 338 g/mol. The van der Waals surface area contributed by atoms with Crippen molar-refractivity contribution in [2.75, 3.05) is 6.54 Å². The highest BCUT2D eigenvalue weighted by Gasteiger charge is 2.50. The zero-order valence-electron chi connectivity index (χ0n) is 14.6. The fourth-order valence-electron chi connectivity index (χ4n) is 3.57. The van der Waals surface area contributed by atoms with E-state index < -0.39 is 5.54 Å². The standard InChI is InChI=1S/C18H25N3O3S/c1-2-13-6-7-14(25-13)12-19-15(22)8-11-21-16(23)18(20-17(21)24)9-4-3-5-10-18/h6-7H,2-5,8-12H2,1H3,(H,19,22)(H,20,24). The number of amides is 4. The number of rotatable bonds is 6. The van der Waals surface area contributed by atoms with Gasteiger partial charge >= 0.3 is 6.03 Å². The van der Waals surface area contributed by atoms with Crippen LogP contribution in [0.15, 0.2) is 12.1 Å². The molecule has 2 N–H and O–H groups in total. The summed E-state index contributed by atoms with van der Waals surface area (Å²) >= 11 is 1.69. The number of nitrogens with one attached hydrogen (secondary N) is 2. The molecule has 2 aliphatic rings. The highest BCUT2D eigenvalue weighted by Crippen LogP contribution is 2.33. The minimum absolute atomic E-state index is 0.140. The van der Waals surface area contributed by atoms with Gasteiger partial charge in [-0.1, -0.05) is 26.2 Å². The van der Waals surface area contributed by atoms with E-state index in [2.05, 4.69) is 23.6 Å². The first-order valence-electron chi connectivity index (χ1n) is 9.02. The third-order valence-electron chi connectivity index (χ3n) is 5.04. The second-order valence-corrected chi connectivity index (χ2v) is 8.03.